The van der Waals surface area contributed by atoms with Gasteiger partial charge in [0.05, 0.1) is 13.0 Å². The van der Waals surface area contributed by atoms with Crippen LogP contribution in [0.1, 0.15) is 17.4 Å². The van der Waals surface area contributed by atoms with Gasteiger partial charge in [-0.3, -0.25) is 9.59 Å². The first-order chi connectivity index (χ1) is 13.1. The fourth-order valence-corrected chi connectivity index (χ4v) is 3.28. The third-order valence-electron chi connectivity index (χ3n) is 4.10. The largest absolute Gasteiger partial charge is 0.452 e. The van der Waals surface area contributed by atoms with Crippen molar-refractivity contribution >= 4 is 23.2 Å². The van der Waals surface area contributed by atoms with Crippen LogP contribution in [0.2, 0.25) is 0 Å². The molecule has 5 heteroatoms. The molecule has 3 aromatic rings. The van der Waals surface area contributed by atoms with Gasteiger partial charge in [0.15, 0.2) is 6.10 Å². The molecule has 0 aliphatic rings. The van der Waals surface area contributed by atoms with E-state index in [-0.39, 0.29) is 12.3 Å². The minimum Gasteiger partial charge on any atom is -0.452 e. The number of rotatable bonds is 7. The number of hydrogen-bond acceptors (Lipinski definition) is 4. The monoisotopic (exact) mass is 379 g/mol. The summed E-state index contributed by atoms with van der Waals surface area (Å²) in [6.45, 7) is 2.03. The smallest absolute Gasteiger partial charge is 0.311 e. The molecule has 1 aromatic heterocycles. The molecule has 0 fully saturated rings. The molecule has 0 spiro atoms. The van der Waals surface area contributed by atoms with Crippen molar-refractivity contribution in [3.05, 3.63) is 82.6 Å². The SMILES string of the molecule is CC(OC(=O)Cc1ccc(-c2ccccc2)cc1)C(=O)NCc1cccs1. The fourth-order valence-electron chi connectivity index (χ4n) is 2.64. The molecule has 27 heavy (non-hydrogen) atoms. The Morgan fingerprint density at radius 1 is 0.963 bits per heavy atom. The van der Waals surface area contributed by atoms with Gasteiger partial charge in [0.25, 0.3) is 5.91 Å². The lowest BCUT2D eigenvalue weighted by atomic mass is 10.0. The van der Waals surface area contributed by atoms with E-state index in [1.807, 2.05) is 72.1 Å². The van der Waals surface area contributed by atoms with Gasteiger partial charge < -0.3 is 10.1 Å². The van der Waals surface area contributed by atoms with Crippen molar-refractivity contribution < 1.29 is 14.3 Å². The minimum atomic E-state index is -0.818. The van der Waals surface area contributed by atoms with Gasteiger partial charge in [0.2, 0.25) is 0 Å². The fraction of sp³-hybridized carbons (Fsp3) is 0.182. The van der Waals surface area contributed by atoms with Crippen molar-refractivity contribution in [2.45, 2.75) is 26.0 Å². The summed E-state index contributed by atoms with van der Waals surface area (Å²) in [5.74, 6) is -0.711. The van der Waals surface area contributed by atoms with Gasteiger partial charge in [-0.1, -0.05) is 60.7 Å². The van der Waals surface area contributed by atoms with E-state index < -0.39 is 12.1 Å². The average molecular weight is 379 g/mol. The van der Waals surface area contributed by atoms with Gasteiger partial charge in [-0.15, -0.1) is 11.3 Å². The number of carbonyl (C=O) groups is 2. The molecule has 0 aliphatic heterocycles. The summed E-state index contributed by atoms with van der Waals surface area (Å²) in [6, 6.07) is 21.7. The number of hydrogen-bond donors (Lipinski definition) is 1. The topological polar surface area (TPSA) is 55.4 Å². The molecule has 0 radical (unpaired) electrons. The summed E-state index contributed by atoms with van der Waals surface area (Å²) < 4.78 is 5.25. The molecule has 138 valence electrons. The summed E-state index contributed by atoms with van der Waals surface area (Å²) in [6.07, 6.45) is -0.682. The maximum absolute atomic E-state index is 12.1. The highest BCUT2D eigenvalue weighted by Gasteiger charge is 2.17. The quantitative estimate of drug-likeness (QED) is 0.626. The zero-order valence-electron chi connectivity index (χ0n) is 15.1. The Bertz CT molecular complexity index is 874. The number of carbonyl (C=O) groups excluding carboxylic acids is 2. The van der Waals surface area contributed by atoms with Crippen molar-refractivity contribution in [1.82, 2.24) is 5.32 Å². The highest BCUT2D eigenvalue weighted by molar-refractivity contribution is 7.09. The van der Waals surface area contributed by atoms with Gasteiger partial charge in [-0.25, -0.2) is 0 Å². The third kappa shape index (κ3) is 5.53. The van der Waals surface area contributed by atoms with E-state index in [1.165, 1.54) is 0 Å². The predicted octanol–water partition coefficient (Wildman–Crippen LogP) is 4.21. The van der Waals surface area contributed by atoms with Crippen LogP contribution >= 0.6 is 11.3 Å². The molecule has 3 rings (SSSR count). The highest BCUT2D eigenvalue weighted by atomic mass is 32.1. The van der Waals surface area contributed by atoms with Crippen LogP contribution in [-0.4, -0.2) is 18.0 Å². The van der Waals surface area contributed by atoms with Crippen LogP contribution in [-0.2, 0) is 27.3 Å². The normalized spacial score (nSPS) is 11.6. The summed E-state index contributed by atoms with van der Waals surface area (Å²) in [7, 11) is 0. The number of thiophene rings is 1. The number of amides is 1. The Hall–Kier alpha value is -2.92. The number of ether oxygens (including phenoxy) is 1. The lowest BCUT2D eigenvalue weighted by molar-refractivity contribution is -0.154. The minimum absolute atomic E-state index is 0.137. The van der Waals surface area contributed by atoms with Gasteiger partial charge in [0, 0.05) is 4.88 Å². The first-order valence-corrected chi connectivity index (χ1v) is 9.64. The lowest BCUT2D eigenvalue weighted by Gasteiger charge is -2.13. The van der Waals surface area contributed by atoms with Crippen LogP contribution < -0.4 is 5.32 Å². The molecule has 1 atom stereocenters. The molecule has 0 bridgehead atoms. The van der Waals surface area contributed by atoms with E-state index >= 15 is 0 Å². The van der Waals surface area contributed by atoms with E-state index in [1.54, 1.807) is 18.3 Å². The molecule has 0 saturated carbocycles. The van der Waals surface area contributed by atoms with Crippen molar-refractivity contribution in [1.29, 1.82) is 0 Å². The second-order valence-electron chi connectivity index (χ2n) is 6.17. The predicted molar refractivity (Wildman–Crippen MR) is 107 cm³/mol. The molecule has 2 aromatic carbocycles. The number of nitrogens with one attached hydrogen (secondary N) is 1. The van der Waals surface area contributed by atoms with E-state index in [0.717, 1.165) is 21.6 Å². The molecule has 1 unspecified atom stereocenters. The van der Waals surface area contributed by atoms with Crippen molar-refractivity contribution in [2.75, 3.05) is 0 Å². The maximum atomic E-state index is 12.1. The average Bonchev–Trinajstić information content (AvgIpc) is 3.21. The van der Waals surface area contributed by atoms with Crippen LogP contribution in [0.15, 0.2) is 72.1 Å². The zero-order chi connectivity index (χ0) is 19.1. The summed E-state index contributed by atoms with van der Waals surface area (Å²) in [5, 5.41) is 4.73. The molecular weight excluding hydrogens is 358 g/mol. The van der Waals surface area contributed by atoms with Gasteiger partial charge >= 0.3 is 5.97 Å². The molecule has 1 heterocycles. The van der Waals surface area contributed by atoms with E-state index in [9.17, 15) is 9.59 Å². The first kappa shape index (κ1) is 18.9. The molecule has 4 nitrogen and oxygen atoms in total. The van der Waals surface area contributed by atoms with Gasteiger partial charge in [-0.2, -0.15) is 0 Å². The molecule has 0 saturated heterocycles. The van der Waals surface area contributed by atoms with Crippen molar-refractivity contribution in [2.24, 2.45) is 0 Å². The highest BCUT2D eigenvalue weighted by Crippen LogP contribution is 2.19. The first-order valence-electron chi connectivity index (χ1n) is 8.76. The van der Waals surface area contributed by atoms with Gasteiger partial charge in [-0.05, 0) is 35.1 Å². The Morgan fingerprint density at radius 2 is 1.67 bits per heavy atom. The second kappa shape index (κ2) is 9.14. The van der Waals surface area contributed by atoms with Crippen LogP contribution in [0.4, 0.5) is 0 Å². The van der Waals surface area contributed by atoms with Crippen LogP contribution in [0.25, 0.3) is 11.1 Å². The Kier molecular flexibility index (Phi) is 6.39. The van der Waals surface area contributed by atoms with Crippen molar-refractivity contribution in [3.8, 4) is 11.1 Å². The zero-order valence-corrected chi connectivity index (χ0v) is 15.9. The molecule has 1 amide bonds. The lowest BCUT2D eigenvalue weighted by Crippen LogP contribution is -2.35. The van der Waals surface area contributed by atoms with E-state index in [4.69, 9.17) is 4.74 Å². The number of benzene rings is 2. The third-order valence-corrected chi connectivity index (χ3v) is 4.98. The Morgan fingerprint density at radius 3 is 2.33 bits per heavy atom. The summed E-state index contributed by atoms with van der Waals surface area (Å²) in [5.41, 5.74) is 3.07. The molecule has 1 N–H and O–H groups in total. The van der Waals surface area contributed by atoms with Crippen LogP contribution in [0.3, 0.4) is 0 Å². The Labute approximate surface area is 162 Å². The van der Waals surface area contributed by atoms with Crippen LogP contribution in [0, 0.1) is 0 Å². The standard InChI is InChI=1S/C22H21NO3S/c1-16(22(25)23-15-20-8-5-13-27-20)26-21(24)14-17-9-11-19(12-10-17)18-6-3-2-4-7-18/h2-13,16H,14-15H2,1H3,(H,23,25). The van der Waals surface area contributed by atoms with E-state index in [2.05, 4.69) is 5.32 Å². The molecular formula is C22H21NO3S. The van der Waals surface area contributed by atoms with Crippen molar-refractivity contribution in [3.63, 3.8) is 0 Å². The van der Waals surface area contributed by atoms with Crippen LogP contribution in [0.5, 0.6) is 0 Å². The van der Waals surface area contributed by atoms with Gasteiger partial charge in [0.1, 0.15) is 0 Å². The second-order valence-corrected chi connectivity index (χ2v) is 7.20. The molecule has 0 aliphatic carbocycles. The Balaban J connectivity index is 1.49. The number of esters is 1. The van der Waals surface area contributed by atoms with E-state index in [0.29, 0.717) is 6.54 Å². The maximum Gasteiger partial charge on any atom is 0.311 e. The summed E-state index contributed by atoms with van der Waals surface area (Å²) >= 11 is 1.57. The summed E-state index contributed by atoms with van der Waals surface area (Å²) in [4.78, 5) is 25.2.